The van der Waals surface area contributed by atoms with E-state index in [0.29, 0.717) is 0 Å². The molecule has 2 aromatic carbocycles. The van der Waals surface area contributed by atoms with E-state index in [4.69, 9.17) is 0 Å². The van der Waals surface area contributed by atoms with Gasteiger partial charge in [-0.25, -0.2) is 0 Å². The number of anilines is 1. The SMILES string of the molecule is CCc1ccccc1NC(=O)CNC(=O)CSc1cccc(Br)c1. The molecule has 2 amide bonds. The summed E-state index contributed by atoms with van der Waals surface area (Å²) in [4.78, 5) is 24.8. The average molecular weight is 407 g/mol. The lowest BCUT2D eigenvalue weighted by molar-refractivity contribution is -0.122. The van der Waals surface area contributed by atoms with Gasteiger partial charge in [0.15, 0.2) is 0 Å². The van der Waals surface area contributed by atoms with Gasteiger partial charge in [-0.3, -0.25) is 9.59 Å². The van der Waals surface area contributed by atoms with Crippen LogP contribution >= 0.6 is 27.7 Å². The van der Waals surface area contributed by atoms with E-state index >= 15 is 0 Å². The molecule has 0 heterocycles. The molecule has 126 valence electrons. The molecule has 0 unspecified atom stereocenters. The van der Waals surface area contributed by atoms with Crippen LogP contribution in [0, 0.1) is 0 Å². The molecule has 0 aliphatic heterocycles. The molecular weight excluding hydrogens is 388 g/mol. The molecule has 0 aromatic heterocycles. The lowest BCUT2D eigenvalue weighted by Gasteiger charge is -2.10. The summed E-state index contributed by atoms with van der Waals surface area (Å²) in [6.07, 6.45) is 0.839. The van der Waals surface area contributed by atoms with E-state index in [1.807, 2.05) is 55.5 Å². The predicted octanol–water partition coefficient (Wildman–Crippen LogP) is 3.86. The summed E-state index contributed by atoms with van der Waals surface area (Å²) >= 11 is 4.83. The number of aryl methyl sites for hydroxylation is 1. The summed E-state index contributed by atoms with van der Waals surface area (Å²) in [6, 6.07) is 15.4. The Morgan fingerprint density at radius 3 is 2.62 bits per heavy atom. The summed E-state index contributed by atoms with van der Waals surface area (Å²) in [5, 5.41) is 5.47. The van der Waals surface area contributed by atoms with E-state index in [1.165, 1.54) is 11.8 Å². The largest absolute Gasteiger partial charge is 0.346 e. The molecule has 0 spiro atoms. The van der Waals surface area contributed by atoms with Crippen molar-refractivity contribution in [1.82, 2.24) is 5.32 Å². The van der Waals surface area contributed by atoms with Gasteiger partial charge >= 0.3 is 0 Å². The van der Waals surface area contributed by atoms with Gasteiger partial charge in [-0.2, -0.15) is 0 Å². The number of amides is 2. The normalized spacial score (nSPS) is 10.2. The predicted molar refractivity (Wildman–Crippen MR) is 102 cm³/mol. The minimum absolute atomic E-state index is 0.0318. The van der Waals surface area contributed by atoms with Crippen molar-refractivity contribution in [3.05, 3.63) is 58.6 Å². The zero-order chi connectivity index (χ0) is 17.4. The van der Waals surface area contributed by atoms with Crippen molar-refractivity contribution >= 4 is 45.2 Å². The molecule has 24 heavy (non-hydrogen) atoms. The first kappa shape index (κ1) is 18.5. The van der Waals surface area contributed by atoms with E-state index in [2.05, 4.69) is 26.6 Å². The second kappa shape index (κ2) is 9.49. The first-order valence-electron chi connectivity index (χ1n) is 7.61. The van der Waals surface area contributed by atoms with Gasteiger partial charge in [0.05, 0.1) is 12.3 Å². The Kier molecular flexibility index (Phi) is 7.34. The number of halogens is 1. The van der Waals surface area contributed by atoms with Gasteiger partial charge in [-0.15, -0.1) is 11.8 Å². The Balaban J connectivity index is 1.76. The molecule has 0 atom stereocenters. The van der Waals surface area contributed by atoms with E-state index < -0.39 is 0 Å². The lowest BCUT2D eigenvalue weighted by atomic mass is 10.1. The van der Waals surface area contributed by atoms with Gasteiger partial charge in [0.25, 0.3) is 0 Å². The number of carbonyl (C=O) groups is 2. The Morgan fingerprint density at radius 1 is 1.08 bits per heavy atom. The number of thioether (sulfide) groups is 1. The Hall–Kier alpha value is -1.79. The van der Waals surface area contributed by atoms with Crippen molar-refractivity contribution in [2.24, 2.45) is 0 Å². The number of hydrogen-bond acceptors (Lipinski definition) is 3. The van der Waals surface area contributed by atoms with Gasteiger partial charge in [0.2, 0.25) is 11.8 Å². The molecule has 0 fully saturated rings. The lowest BCUT2D eigenvalue weighted by Crippen LogP contribution is -2.34. The van der Waals surface area contributed by atoms with Crippen molar-refractivity contribution in [2.45, 2.75) is 18.2 Å². The Morgan fingerprint density at radius 2 is 1.88 bits per heavy atom. The monoisotopic (exact) mass is 406 g/mol. The van der Waals surface area contributed by atoms with Crippen molar-refractivity contribution in [3.63, 3.8) is 0 Å². The quantitative estimate of drug-likeness (QED) is 0.686. The maximum Gasteiger partial charge on any atom is 0.243 e. The van der Waals surface area contributed by atoms with E-state index in [9.17, 15) is 9.59 Å². The molecule has 0 saturated carbocycles. The van der Waals surface area contributed by atoms with Crippen molar-refractivity contribution in [1.29, 1.82) is 0 Å². The van der Waals surface area contributed by atoms with Gasteiger partial charge in [-0.1, -0.05) is 47.1 Å². The van der Waals surface area contributed by atoms with Crippen molar-refractivity contribution in [3.8, 4) is 0 Å². The van der Waals surface area contributed by atoms with Gasteiger partial charge in [0, 0.05) is 15.1 Å². The van der Waals surface area contributed by atoms with Crippen LogP contribution in [0.2, 0.25) is 0 Å². The first-order valence-corrected chi connectivity index (χ1v) is 9.39. The fourth-order valence-electron chi connectivity index (χ4n) is 2.08. The van der Waals surface area contributed by atoms with Crippen LogP contribution < -0.4 is 10.6 Å². The summed E-state index contributed by atoms with van der Waals surface area (Å²) < 4.78 is 0.974. The van der Waals surface area contributed by atoms with Crippen molar-refractivity contribution in [2.75, 3.05) is 17.6 Å². The molecule has 4 nitrogen and oxygen atoms in total. The molecule has 0 bridgehead atoms. The maximum atomic E-state index is 12.0. The highest BCUT2D eigenvalue weighted by atomic mass is 79.9. The van der Waals surface area contributed by atoms with Gasteiger partial charge in [0.1, 0.15) is 0 Å². The smallest absolute Gasteiger partial charge is 0.243 e. The number of rotatable bonds is 7. The summed E-state index contributed by atoms with van der Waals surface area (Å²) in [5.41, 5.74) is 1.87. The fourth-order valence-corrected chi connectivity index (χ4v) is 3.42. The zero-order valence-corrected chi connectivity index (χ0v) is 15.7. The third-order valence-corrected chi connectivity index (χ3v) is 4.77. The standard InChI is InChI=1S/C18H19BrN2O2S/c1-2-13-6-3-4-9-16(13)21-17(22)11-20-18(23)12-24-15-8-5-7-14(19)10-15/h3-10H,2,11-12H2,1H3,(H,20,23)(H,21,22). The van der Waals surface area contributed by atoms with Crippen LogP contribution in [0.4, 0.5) is 5.69 Å². The molecule has 2 N–H and O–H groups in total. The number of hydrogen-bond donors (Lipinski definition) is 2. The summed E-state index contributed by atoms with van der Waals surface area (Å²) in [5.74, 6) is -0.120. The minimum atomic E-state index is -0.225. The van der Waals surface area contributed by atoms with Crippen LogP contribution in [0.3, 0.4) is 0 Å². The Bertz CT molecular complexity index is 722. The molecule has 0 saturated heterocycles. The maximum absolute atomic E-state index is 12.0. The van der Waals surface area contributed by atoms with E-state index in [1.54, 1.807) is 0 Å². The highest BCUT2D eigenvalue weighted by Gasteiger charge is 2.08. The van der Waals surface area contributed by atoms with Crippen LogP contribution in [-0.2, 0) is 16.0 Å². The molecule has 6 heteroatoms. The second-order valence-electron chi connectivity index (χ2n) is 5.08. The van der Waals surface area contributed by atoms with Crippen LogP contribution in [-0.4, -0.2) is 24.1 Å². The third kappa shape index (κ3) is 6.02. The summed E-state index contributed by atoms with van der Waals surface area (Å²) in [7, 11) is 0. The first-order chi connectivity index (χ1) is 11.6. The highest BCUT2D eigenvalue weighted by Crippen LogP contribution is 2.21. The molecule has 2 rings (SSSR count). The molecule has 0 aliphatic rings. The van der Waals surface area contributed by atoms with E-state index in [0.717, 1.165) is 27.0 Å². The highest BCUT2D eigenvalue weighted by molar-refractivity contribution is 9.10. The topological polar surface area (TPSA) is 58.2 Å². The van der Waals surface area contributed by atoms with Gasteiger partial charge < -0.3 is 10.6 Å². The third-order valence-electron chi connectivity index (χ3n) is 3.28. The van der Waals surface area contributed by atoms with E-state index in [-0.39, 0.29) is 24.1 Å². The molecule has 0 aliphatic carbocycles. The van der Waals surface area contributed by atoms with Crippen LogP contribution in [0.5, 0.6) is 0 Å². The fraction of sp³-hybridized carbons (Fsp3) is 0.222. The van der Waals surface area contributed by atoms with Crippen LogP contribution in [0.25, 0.3) is 0 Å². The summed E-state index contributed by atoms with van der Waals surface area (Å²) in [6.45, 7) is 2.00. The van der Waals surface area contributed by atoms with Crippen LogP contribution in [0.15, 0.2) is 57.9 Å². The molecular formula is C18H19BrN2O2S. The number of carbonyl (C=O) groups excluding carboxylic acids is 2. The minimum Gasteiger partial charge on any atom is -0.346 e. The number of nitrogens with one attached hydrogen (secondary N) is 2. The second-order valence-corrected chi connectivity index (χ2v) is 7.05. The van der Waals surface area contributed by atoms with Crippen LogP contribution in [0.1, 0.15) is 12.5 Å². The molecule has 2 aromatic rings. The van der Waals surface area contributed by atoms with Gasteiger partial charge in [-0.05, 0) is 36.2 Å². The zero-order valence-electron chi connectivity index (χ0n) is 13.3. The van der Waals surface area contributed by atoms with Crippen molar-refractivity contribution < 1.29 is 9.59 Å². The average Bonchev–Trinajstić information content (AvgIpc) is 2.58. The molecule has 0 radical (unpaired) electrons. The number of benzene rings is 2. The number of para-hydroxylation sites is 1. The Labute approximate surface area is 154 Å².